The lowest BCUT2D eigenvalue weighted by Crippen LogP contribution is -2.46. The van der Waals surface area contributed by atoms with Crippen LogP contribution >= 0.6 is 0 Å². The number of nitrogens with zero attached hydrogens (tertiary/aromatic N) is 4. The van der Waals surface area contributed by atoms with Crippen molar-refractivity contribution in [1.29, 1.82) is 0 Å². The van der Waals surface area contributed by atoms with E-state index in [1.807, 2.05) is 4.98 Å². The predicted octanol–water partition coefficient (Wildman–Crippen LogP) is 1.27. The highest BCUT2D eigenvalue weighted by Crippen LogP contribution is 2.36. The van der Waals surface area contributed by atoms with Crippen LogP contribution in [0.1, 0.15) is 6.92 Å². The van der Waals surface area contributed by atoms with Gasteiger partial charge in [0.2, 0.25) is 0 Å². The summed E-state index contributed by atoms with van der Waals surface area (Å²) in [6.45, 7) is -0.880. The highest BCUT2D eigenvalue weighted by atomic mass is 19.4. The number of anilines is 1. The minimum absolute atomic E-state index is 0.0161. The van der Waals surface area contributed by atoms with E-state index in [-0.39, 0.29) is 22.6 Å². The topological polar surface area (TPSA) is 137 Å². The number of hydrogen-bond donors (Lipinski definition) is 3. The zero-order chi connectivity index (χ0) is 24.8. The summed E-state index contributed by atoms with van der Waals surface area (Å²) in [7, 11) is 0. The highest BCUT2D eigenvalue weighted by molar-refractivity contribution is 5.75. The Morgan fingerprint density at radius 1 is 1.35 bits per heavy atom. The van der Waals surface area contributed by atoms with E-state index in [1.54, 1.807) is 0 Å². The largest absolute Gasteiger partial charge is 0.438 e. The molecule has 3 N–H and O–H groups in total. The van der Waals surface area contributed by atoms with Crippen molar-refractivity contribution >= 4 is 17.4 Å². The molecule has 1 amide bonds. The molecule has 3 aromatic rings. The number of rotatable bonds is 4. The number of amides is 1. The molecule has 4 rings (SSSR count). The third kappa shape index (κ3) is 4.42. The number of alkyl halides is 5. The van der Waals surface area contributed by atoms with Crippen molar-refractivity contribution < 1.29 is 31.5 Å². The molecule has 182 valence electrons. The first-order valence-electron chi connectivity index (χ1n) is 9.68. The van der Waals surface area contributed by atoms with E-state index in [9.17, 15) is 36.3 Å². The first-order valence-corrected chi connectivity index (χ1v) is 9.68. The lowest BCUT2D eigenvalue weighted by molar-refractivity contribution is -0.151. The van der Waals surface area contributed by atoms with Gasteiger partial charge in [-0.2, -0.15) is 18.3 Å². The average molecular weight is 489 g/mol. The van der Waals surface area contributed by atoms with Crippen LogP contribution in [0.3, 0.4) is 0 Å². The van der Waals surface area contributed by atoms with Crippen molar-refractivity contribution in [2.45, 2.75) is 31.2 Å². The van der Waals surface area contributed by atoms with E-state index in [0.717, 1.165) is 11.1 Å². The quantitative estimate of drug-likeness (QED) is 0.470. The van der Waals surface area contributed by atoms with Gasteiger partial charge >= 0.3 is 23.9 Å². The zero-order valence-electron chi connectivity index (χ0n) is 17.2. The van der Waals surface area contributed by atoms with Gasteiger partial charge in [-0.05, 0) is 13.0 Å². The van der Waals surface area contributed by atoms with E-state index in [2.05, 4.69) is 19.8 Å². The molecule has 34 heavy (non-hydrogen) atoms. The monoisotopic (exact) mass is 489 g/mol. The van der Waals surface area contributed by atoms with Crippen LogP contribution < -0.4 is 21.5 Å². The molecule has 1 aliphatic heterocycles. The number of fused-ring (bicyclic) bond motifs is 1. The molecule has 0 aromatic carbocycles. The number of H-pyrrole nitrogens is 2. The van der Waals surface area contributed by atoms with Gasteiger partial charge in [0.05, 0.1) is 24.3 Å². The molecule has 0 saturated carbocycles. The van der Waals surface area contributed by atoms with Gasteiger partial charge < -0.3 is 19.9 Å². The van der Waals surface area contributed by atoms with Gasteiger partial charge in [0, 0.05) is 18.6 Å². The fraction of sp³-hybridized carbons (Fsp3) is 0.389. The zero-order valence-corrected chi connectivity index (χ0v) is 17.2. The summed E-state index contributed by atoms with van der Waals surface area (Å²) in [6, 6.07) is -1.01. The van der Waals surface area contributed by atoms with E-state index < -0.39 is 54.7 Å². The van der Waals surface area contributed by atoms with Gasteiger partial charge in [-0.25, -0.2) is 27.9 Å². The predicted molar refractivity (Wildman–Crippen MR) is 106 cm³/mol. The Kier molecular flexibility index (Phi) is 5.53. The Morgan fingerprint density at radius 3 is 2.76 bits per heavy atom. The summed E-state index contributed by atoms with van der Waals surface area (Å²) in [5.74, 6) is -3.61. The first-order chi connectivity index (χ1) is 15.8. The molecule has 0 radical (unpaired) electrons. The maximum absolute atomic E-state index is 14.6. The number of carbonyl (C=O) groups is 1. The van der Waals surface area contributed by atoms with Crippen LogP contribution in [0.2, 0.25) is 0 Å². The number of imidazole rings is 1. The number of halogens is 5. The fourth-order valence-electron chi connectivity index (χ4n) is 3.35. The van der Waals surface area contributed by atoms with Crippen LogP contribution in [0, 0.1) is 0 Å². The smallest absolute Gasteiger partial charge is 0.408 e. The second-order valence-electron chi connectivity index (χ2n) is 7.54. The Labute approximate surface area is 185 Å². The lowest BCUT2D eigenvalue weighted by Gasteiger charge is -2.21. The van der Waals surface area contributed by atoms with Crippen molar-refractivity contribution in [3.05, 3.63) is 45.5 Å². The fourth-order valence-corrected chi connectivity index (χ4v) is 3.35. The molecule has 1 fully saturated rings. The molecule has 0 aliphatic carbocycles. The number of aromatic nitrogens is 5. The maximum Gasteiger partial charge on any atom is 0.408 e. The molecule has 16 heteroatoms. The average Bonchev–Trinajstić information content (AvgIpc) is 3.30. The minimum atomic E-state index is -4.78. The van der Waals surface area contributed by atoms with Crippen molar-refractivity contribution in [1.82, 2.24) is 29.9 Å². The molecule has 0 unspecified atom stereocenters. The van der Waals surface area contributed by atoms with Crippen molar-refractivity contribution in [3.8, 4) is 11.3 Å². The number of ether oxygens (including phenoxy) is 1. The molecule has 11 nitrogen and oxygen atoms in total. The van der Waals surface area contributed by atoms with Crippen LogP contribution in [0.25, 0.3) is 16.9 Å². The van der Waals surface area contributed by atoms with Gasteiger partial charge in [0.15, 0.2) is 11.8 Å². The van der Waals surface area contributed by atoms with E-state index in [4.69, 9.17) is 0 Å². The minimum Gasteiger partial charge on any atom is -0.438 e. The van der Waals surface area contributed by atoms with Gasteiger partial charge in [-0.1, -0.05) is 0 Å². The summed E-state index contributed by atoms with van der Waals surface area (Å²) >= 11 is 0. The number of carbonyl (C=O) groups excluding carboxylic acids is 1. The molecular formula is C18H16F5N7O4. The Morgan fingerprint density at radius 2 is 2.09 bits per heavy atom. The van der Waals surface area contributed by atoms with E-state index >= 15 is 0 Å². The summed E-state index contributed by atoms with van der Waals surface area (Å²) in [4.78, 5) is 44.7. The van der Waals surface area contributed by atoms with Crippen molar-refractivity contribution in [3.63, 3.8) is 0 Å². The number of nitrogens with one attached hydrogen (secondary N) is 3. The Balaban J connectivity index is 1.63. The van der Waals surface area contributed by atoms with E-state index in [0.29, 0.717) is 6.92 Å². The lowest BCUT2D eigenvalue weighted by atomic mass is 10.2. The molecule has 1 aliphatic rings. The van der Waals surface area contributed by atoms with Gasteiger partial charge in [-0.15, -0.1) is 0 Å². The second-order valence-corrected chi connectivity index (χ2v) is 7.54. The summed E-state index contributed by atoms with van der Waals surface area (Å²) in [5, 5.41) is 5.66. The van der Waals surface area contributed by atoms with Gasteiger partial charge in [-0.3, -0.25) is 9.78 Å². The normalized spacial score (nSPS) is 18.8. The summed E-state index contributed by atoms with van der Waals surface area (Å²) in [6.07, 6.45) is -4.64. The van der Waals surface area contributed by atoms with Crippen LogP contribution in [-0.4, -0.2) is 68.0 Å². The van der Waals surface area contributed by atoms with Crippen LogP contribution in [0.4, 0.5) is 32.4 Å². The highest BCUT2D eigenvalue weighted by Gasteiger charge is 2.52. The number of alkyl carbamates (subject to hydrolysis) is 1. The SMILES string of the molecule is C[C@@H](NC(=O)O[C@H]1CN(c2cc(-c3c[nH]c(=O)[nH]c3=O)nn3ccnc23)CC1(F)F)C(F)(F)F. The maximum atomic E-state index is 14.6. The standard InChI is InChI=1S/C18H16F5N7O4/c1-8(18(21,22)23)26-16(33)34-12-6-29(7-17(12,19)20)11-4-10(28-30-3-2-24-13(11)30)9-5-25-15(32)27-14(9)31/h2-5,8,12H,6-7H2,1H3,(H,26,33)(H2,25,27,31,32)/t8-,12+/m1/s1. The molecule has 4 heterocycles. The molecule has 3 aromatic heterocycles. The molecule has 1 saturated heterocycles. The third-order valence-corrected chi connectivity index (χ3v) is 5.11. The third-order valence-electron chi connectivity index (χ3n) is 5.11. The number of hydrogen-bond acceptors (Lipinski definition) is 7. The second kappa shape index (κ2) is 8.11. The summed E-state index contributed by atoms with van der Waals surface area (Å²) in [5.41, 5.74) is -1.34. The van der Waals surface area contributed by atoms with Gasteiger partial charge in [0.25, 0.3) is 5.56 Å². The van der Waals surface area contributed by atoms with Crippen LogP contribution in [0.15, 0.2) is 34.2 Å². The summed E-state index contributed by atoms with van der Waals surface area (Å²) < 4.78 is 72.9. The molecule has 2 atom stereocenters. The number of aromatic amines is 2. The Bertz CT molecular complexity index is 1350. The van der Waals surface area contributed by atoms with Crippen molar-refractivity contribution in [2.75, 3.05) is 18.0 Å². The van der Waals surface area contributed by atoms with Crippen LogP contribution in [-0.2, 0) is 4.74 Å². The molecular weight excluding hydrogens is 473 g/mol. The molecule has 0 spiro atoms. The van der Waals surface area contributed by atoms with Gasteiger partial charge in [0.1, 0.15) is 11.7 Å². The van der Waals surface area contributed by atoms with E-state index in [1.165, 1.54) is 28.3 Å². The Hall–Kier alpha value is -3.98. The first kappa shape index (κ1) is 23.2. The molecule has 0 bridgehead atoms. The van der Waals surface area contributed by atoms with Crippen LogP contribution in [0.5, 0.6) is 0 Å². The van der Waals surface area contributed by atoms with Crippen molar-refractivity contribution in [2.24, 2.45) is 0 Å².